The van der Waals surface area contributed by atoms with Crippen LogP contribution in [0.3, 0.4) is 0 Å². The van der Waals surface area contributed by atoms with Gasteiger partial charge in [0, 0.05) is 31.8 Å². The minimum Gasteiger partial charge on any atom is -0.381 e. The molecule has 2 unspecified atom stereocenters. The van der Waals surface area contributed by atoms with Crippen LogP contribution in [0.5, 0.6) is 0 Å². The third-order valence-electron chi connectivity index (χ3n) is 3.45. The molecule has 0 amide bonds. The standard InChI is InChI=1S/C10H20N2O/c1-8-7-13-4-3-10(8)12(2)9-5-11-6-9/h8-11H,3-7H2,1-2H3. The van der Waals surface area contributed by atoms with Crippen LogP contribution in [0, 0.1) is 5.92 Å². The molecule has 2 atom stereocenters. The predicted octanol–water partition coefficient (Wildman–Crippen LogP) is 0.315. The lowest BCUT2D eigenvalue weighted by Gasteiger charge is -2.44. The van der Waals surface area contributed by atoms with Crippen LogP contribution >= 0.6 is 0 Å². The summed E-state index contributed by atoms with van der Waals surface area (Å²) in [4.78, 5) is 2.55. The molecule has 2 rings (SSSR count). The number of hydrogen-bond acceptors (Lipinski definition) is 3. The van der Waals surface area contributed by atoms with Crippen molar-refractivity contribution in [3.63, 3.8) is 0 Å². The van der Waals surface area contributed by atoms with Crippen LogP contribution in [0.2, 0.25) is 0 Å². The van der Waals surface area contributed by atoms with Gasteiger partial charge in [0.15, 0.2) is 0 Å². The number of rotatable bonds is 2. The van der Waals surface area contributed by atoms with E-state index in [0.717, 1.165) is 25.3 Å². The van der Waals surface area contributed by atoms with Crippen molar-refractivity contribution in [2.45, 2.75) is 25.4 Å². The van der Waals surface area contributed by atoms with Crippen LogP contribution < -0.4 is 5.32 Å². The molecule has 2 aliphatic heterocycles. The Labute approximate surface area is 80.4 Å². The fraction of sp³-hybridized carbons (Fsp3) is 1.00. The molecule has 76 valence electrons. The summed E-state index contributed by atoms with van der Waals surface area (Å²) in [5.74, 6) is 0.694. The van der Waals surface area contributed by atoms with E-state index in [2.05, 4.69) is 24.2 Å². The molecule has 0 aliphatic carbocycles. The zero-order valence-corrected chi connectivity index (χ0v) is 8.62. The molecule has 3 heteroatoms. The Hall–Kier alpha value is -0.120. The van der Waals surface area contributed by atoms with E-state index in [9.17, 15) is 0 Å². The van der Waals surface area contributed by atoms with E-state index in [1.165, 1.54) is 19.5 Å². The van der Waals surface area contributed by atoms with Crippen molar-refractivity contribution in [3.05, 3.63) is 0 Å². The normalized spacial score (nSPS) is 36.2. The zero-order valence-electron chi connectivity index (χ0n) is 8.62. The van der Waals surface area contributed by atoms with Gasteiger partial charge in [-0.3, -0.25) is 4.90 Å². The SMILES string of the molecule is CC1COCCC1N(C)C1CNC1. The number of hydrogen-bond donors (Lipinski definition) is 1. The molecule has 13 heavy (non-hydrogen) atoms. The molecule has 0 aromatic heterocycles. The van der Waals surface area contributed by atoms with Gasteiger partial charge in [0.2, 0.25) is 0 Å². The molecule has 0 saturated carbocycles. The van der Waals surface area contributed by atoms with E-state index in [1.807, 2.05) is 0 Å². The summed E-state index contributed by atoms with van der Waals surface area (Å²) in [7, 11) is 2.26. The Morgan fingerprint density at radius 2 is 2.15 bits per heavy atom. The Bertz CT molecular complexity index is 170. The highest BCUT2D eigenvalue weighted by molar-refractivity contribution is 4.89. The topological polar surface area (TPSA) is 24.5 Å². The molecule has 0 radical (unpaired) electrons. The monoisotopic (exact) mass is 184 g/mol. The van der Waals surface area contributed by atoms with Gasteiger partial charge in [-0.25, -0.2) is 0 Å². The van der Waals surface area contributed by atoms with E-state index in [-0.39, 0.29) is 0 Å². The maximum Gasteiger partial charge on any atom is 0.0506 e. The molecule has 0 aromatic carbocycles. The zero-order chi connectivity index (χ0) is 9.26. The second-order valence-corrected chi connectivity index (χ2v) is 4.39. The molecular weight excluding hydrogens is 164 g/mol. The van der Waals surface area contributed by atoms with Crippen LogP contribution in [0.15, 0.2) is 0 Å². The minimum atomic E-state index is 0.694. The summed E-state index contributed by atoms with van der Waals surface area (Å²) < 4.78 is 5.45. The molecule has 0 aromatic rings. The first-order chi connectivity index (χ1) is 6.29. The van der Waals surface area contributed by atoms with Crippen LogP contribution in [0.4, 0.5) is 0 Å². The van der Waals surface area contributed by atoms with Gasteiger partial charge in [0.1, 0.15) is 0 Å². The summed E-state index contributed by atoms with van der Waals surface area (Å²) in [6.45, 7) is 6.52. The lowest BCUT2D eigenvalue weighted by molar-refractivity contribution is -0.0180. The average molecular weight is 184 g/mol. The third kappa shape index (κ3) is 1.87. The average Bonchev–Trinajstić information content (AvgIpc) is 2.01. The maximum atomic E-state index is 5.45. The third-order valence-corrected chi connectivity index (χ3v) is 3.45. The first-order valence-electron chi connectivity index (χ1n) is 5.29. The Balaban J connectivity index is 1.88. The molecule has 2 saturated heterocycles. The molecule has 1 N–H and O–H groups in total. The van der Waals surface area contributed by atoms with Gasteiger partial charge in [-0.15, -0.1) is 0 Å². The number of ether oxygens (including phenoxy) is 1. The summed E-state index contributed by atoms with van der Waals surface area (Å²) in [5.41, 5.74) is 0. The van der Waals surface area contributed by atoms with Crippen molar-refractivity contribution in [1.29, 1.82) is 0 Å². The van der Waals surface area contributed by atoms with E-state index < -0.39 is 0 Å². The van der Waals surface area contributed by atoms with Gasteiger partial charge in [0.25, 0.3) is 0 Å². The molecule has 0 spiro atoms. The smallest absolute Gasteiger partial charge is 0.0506 e. The van der Waals surface area contributed by atoms with Crippen LogP contribution in [0.25, 0.3) is 0 Å². The van der Waals surface area contributed by atoms with Crippen molar-refractivity contribution in [1.82, 2.24) is 10.2 Å². The van der Waals surface area contributed by atoms with Gasteiger partial charge in [-0.1, -0.05) is 6.92 Å². The first-order valence-corrected chi connectivity index (χ1v) is 5.29. The van der Waals surface area contributed by atoms with Gasteiger partial charge >= 0.3 is 0 Å². The van der Waals surface area contributed by atoms with Crippen molar-refractivity contribution in [3.8, 4) is 0 Å². The summed E-state index contributed by atoms with van der Waals surface area (Å²) in [6, 6.07) is 1.51. The van der Waals surface area contributed by atoms with E-state index in [4.69, 9.17) is 4.74 Å². The fourth-order valence-corrected chi connectivity index (χ4v) is 2.31. The molecule has 0 bridgehead atoms. The second-order valence-electron chi connectivity index (χ2n) is 4.39. The molecule has 2 aliphatic rings. The van der Waals surface area contributed by atoms with Gasteiger partial charge in [-0.2, -0.15) is 0 Å². The van der Waals surface area contributed by atoms with Crippen molar-refractivity contribution >= 4 is 0 Å². The first kappa shape index (κ1) is 9.44. The molecule has 2 fully saturated rings. The number of nitrogens with one attached hydrogen (secondary N) is 1. The largest absolute Gasteiger partial charge is 0.381 e. The molecular formula is C10H20N2O. The minimum absolute atomic E-state index is 0.694. The highest BCUT2D eigenvalue weighted by atomic mass is 16.5. The van der Waals surface area contributed by atoms with E-state index in [1.54, 1.807) is 0 Å². The highest BCUT2D eigenvalue weighted by Gasteiger charge is 2.32. The fourth-order valence-electron chi connectivity index (χ4n) is 2.31. The number of likely N-dealkylation sites (N-methyl/N-ethyl adjacent to an activating group) is 1. The summed E-state index contributed by atoms with van der Waals surface area (Å²) in [6.07, 6.45) is 1.20. The Kier molecular flexibility index (Phi) is 2.86. The Morgan fingerprint density at radius 1 is 1.38 bits per heavy atom. The van der Waals surface area contributed by atoms with Gasteiger partial charge in [0.05, 0.1) is 6.61 Å². The maximum absolute atomic E-state index is 5.45. The quantitative estimate of drug-likeness (QED) is 0.668. The molecule has 3 nitrogen and oxygen atoms in total. The van der Waals surface area contributed by atoms with Gasteiger partial charge in [-0.05, 0) is 19.4 Å². The van der Waals surface area contributed by atoms with E-state index in [0.29, 0.717) is 5.92 Å². The van der Waals surface area contributed by atoms with E-state index >= 15 is 0 Å². The highest BCUT2D eigenvalue weighted by Crippen LogP contribution is 2.21. The number of nitrogens with zero attached hydrogens (tertiary/aromatic N) is 1. The van der Waals surface area contributed by atoms with Crippen LogP contribution in [-0.2, 0) is 4.74 Å². The lowest BCUT2D eigenvalue weighted by Crippen LogP contribution is -2.60. The van der Waals surface area contributed by atoms with Crippen LogP contribution in [0.1, 0.15) is 13.3 Å². The predicted molar refractivity (Wildman–Crippen MR) is 52.8 cm³/mol. The van der Waals surface area contributed by atoms with Crippen LogP contribution in [-0.4, -0.2) is 50.3 Å². The van der Waals surface area contributed by atoms with Crippen molar-refractivity contribution in [2.75, 3.05) is 33.4 Å². The lowest BCUT2D eigenvalue weighted by atomic mass is 9.94. The molecule has 2 heterocycles. The summed E-state index contributed by atoms with van der Waals surface area (Å²) >= 11 is 0. The van der Waals surface area contributed by atoms with Crippen molar-refractivity contribution < 1.29 is 4.74 Å². The van der Waals surface area contributed by atoms with Gasteiger partial charge < -0.3 is 10.1 Å². The Morgan fingerprint density at radius 3 is 2.69 bits per heavy atom. The summed E-state index contributed by atoms with van der Waals surface area (Å²) in [5, 5.41) is 3.32. The second kappa shape index (κ2) is 3.95. The van der Waals surface area contributed by atoms with Crippen molar-refractivity contribution in [2.24, 2.45) is 5.92 Å².